The van der Waals surface area contributed by atoms with Crippen LogP contribution in [-0.4, -0.2) is 53.2 Å². The maximum atomic E-state index is 11.8. The Balaban J connectivity index is 1.77. The molecule has 0 aromatic heterocycles. The van der Waals surface area contributed by atoms with Gasteiger partial charge in [0.25, 0.3) is 0 Å². The van der Waals surface area contributed by atoms with Crippen LogP contribution in [0, 0.1) is 0 Å². The third kappa shape index (κ3) is 3.59. The number of aliphatic carboxylic acids is 1. The molecule has 3 atom stereocenters. The Morgan fingerprint density at radius 1 is 1.37 bits per heavy atom. The summed E-state index contributed by atoms with van der Waals surface area (Å²) in [7, 11) is 0. The van der Waals surface area contributed by atoms with Crippen LogP contribution in [0.5, 0.6) is 0 Å². The Kier molecular flexibility index (Phi) is 4.63. The van der Waals surface area contributed by atoms with Crippen LogP contribution in [0.3, 0.4) is 0 Å². The number of amides is 2. The average Bonchev–Trinajstić information content (AvgIpc) is 2.82. The Labute approximate surface area is 113 Å². The van der Waals surface area contributed by atoms with Gasteiger partial charge >= 0.3 is 12.0 Å². The minimum absolute atomic E-state index is 0.172. The average molecular weight is 269 g/mol. The number of piperidine rings is 1. The van der Waals surface area contributed by atoms with Crippen molar-refractivity contribution in [3.8, 4) is 0 Å². The van der Waals surface area contributed by atoms with Gasteiger partial charge in [-0.05, 0) is 38.6 Å². The van der Waals surface area contributed by atoms with E-state index in [2.05, 4.69) is 15.5 Å². The van der Waals surface area contributed by atoms with Crippen LogP contribution in [0.4, 0.5) is 4.79 Å². The first-order chi connectivity index (χ1) is 9.10. The maximum Gasteiger partial charge on any atom is 0.326 e. The van der Waals surface area contributed by atoms with Crippen molar-refractivity contribution in [2.75, 3.05) is 13.1 Å². The van der Waals surface area contributed by atoms with Gasteiger partial charge in [-0.3, -0.25) is 0 Å². The van der Waals surface area contributed by atoms with E-state index >= 15 is 0 Å². The summed E-state index contributed by atoms with van der Waals surface area (Å²) < 4.78 is 0. The molecule has 6 heteroatoms. The number of carboxylic acid groups (broad SMARTS) is 1. The van der Waals surface area contributed by atoms with E-state index in [1.807, 2.05) is 0 Å². The smallest absolute Gasteiger partial charge is 0.326 e. The molecule has 2 saturated heterocycles. The molecule has 3 N–H and O–H groups in total. The quantitative estimate of drug-likeness (QED) is 0.704. The minimum atomic E-state index is -0.983. The summed E-state index contributed by atoms with van der Waals surface area (Å²) in [5, 5.41) is 14.3. The van der Waals surface area contributed by atoms with Crippen LogP contribution in [0.2, 0.25) is 0 Å². The standard InChI is InChI=1S/C13H23N3O3/c1-2-11(12(17)18)15-13(19)14-9-5-7-16-6-3-4-10(16)8-9/h9-11H,2-8H2,1H3,(H,17,18)(H2,14,15,19)/t9?,10?,11-/m0/s1. The number of urea groups is 1. The van der Waals surface area contributed by atoms with Crippen molar-refractivity contribution < 1.29 is 14.7 Å². The van der Waals surface area contributed by atoms with E-state index < -0.39 is 12.0 Å². The summed E-state index contributed by atoms with van der Waals surface area (Å²) >= 11 is 0. The highest BCUT2D eigenvalue weighted by Crippen LogP contribution is 2.26. The van der Waals surface area contributed by atoms with Gasteiger partial charge in [0.05, 0.1) is 0 Å². The number of rotatable bonds is 4. The molecule has 0 aromatic rings. The summed E-state index contributed by atoms with van der Waals surface area (Å²) in [6, 6.07) is -0.386. The van der Waals surface area contributed by atoms with E-state index in [0.29, 0.717) is 12.5 Å². The highest BCUT2D eigenvalue weighted by molar-refractivity contribution is 5.82. The Morgan fingerprint density at radius 2 is 2.16 bits per heavy atom. The number of nitrogens with zero attached hydrogens (tertiary/aromatic N) is 1. The first kappa shape index (κ1) is 14.1. The second kappa shape index (κ2) is 6.23. The zero-order valence-electron chi connectivity index (χ0n) is 11.4. The van der Waals surface area contributed by atoms with Crippen molar-refractivity contribution in [1.29, 1.82) is 0 Å². The molecule has 2 aliphatic heterocycles. The molecule has 2 unspecified atom stereocenters. The largest absolute Gasteiger partial charge is 0.480 e. The van der Waals surface area contributed by atoms with Gasteiger partial charge < -0.3 is 20.6 Å². The van der Waals surface area contributed by atoms with E-state index in [9.17, 15) is 9.59 Å². The summed E-state index contributed by atoms with van der Waals surface area (Å²) in [6.07, 6.45) is 4.79. The zero-order chi connectivity index (χ0) is 13.8. The van der Waals surface area contributed by atoms with Crippen LogP contribution >= 0.6 is 0 Å². The van der Waals surface area contributed by atoms with Crippen molar-refractivity contribution in [3.05, 3.63) is 0 Å². The Hall–Kier alpha value is -1.30. The normalized spacial score (nSPS) is 28.5. The topological polar surface area (TPSA) is 81.7 Å². The molecule has 6 nitrogen and oxygen atoms in total. The monoisotopic (exact) mass is 269 g/mol. The summed E-state index contributed by atoms with van der Waals surface area (Å²) in [4.78, 5) is 25.1. The molecule has 0 spiro atoms. The fourth-order valence-corrected chi connectivity index (χ4v) is 3.08. The van der Waals surface area contributed by atoms with Crippen molar-refractivity contribution in [2.24, 2.45) is 0 Å². The minimum Gasteiger partial charge on any atom is -0.480 e. The highest BCUT2D eigenvalue weighted by atomic mass is 16.4. The summed E-state index contributed by atoms with van der Waals surface area (Å²) in [6.45, 7) is 3.96. The molecule has 2 rings (SSSR count). The summed E-state index contributed by atoms with van der Waals surface area (Å²) in [5.74, 6) is -0.983. The zero-order valence-corrected chi connectivity index (χ0v) is 11.4. The lowest BCUT2D eigenvalue weighted by atomic mass is 9.98. The molecule has 2 fully saturated rings. The van der Waals surface area contributed by atoms with E-state index in [1.54, 1.807) is 6.92 Å². The van der Waals surface area contributed by atoms with E-state index in [-0.39, 0.29) is 12.1 Å². The van der Waals surface area contributed by atoms with Crippen LogP contribution in [-0.2, 0) is 4.79 Å². The number of carbonyl (C=O) groups is 2. The van der Waals surface area contributed by atoms with E-state index in [4.69, 9.17) is 5.11 Å². The van der Waals surface area contributed by atoms with Crippen LogP contribution in [0.25, 0.3) is 0 Å². The maximum absolute atomic E-state index is 11.8. The predicted octanol–water partition coefficient (Wildman–Crippen LogP) is 0.776. The molecule has 19 heavy (non-hydrogen) atoms. The van der Waals surface area contributed by atoms with E-state index in [0.717, 1.165) is 19.4 Å². The van der Waals surface area contributed by atoms with Gasteiger partial charge in [0.1, 0.15) is 6.04 Å². The molecule has 0 bridgehead atoms. The predicted molar refractivity (Wildman–Crippen MR) is 71.0 cm³/mol. The van der Waals surface area contributed by atoms with Crippen molar-refractivity contribution in [2.45, 2.75) is 57.2 Å². The van der Waals surface area contributed by atoms with Crippen molar-refractivity contribution >= 4 is 12.0 Å². The lowest BCUT2D eigenvalue weighted by Gasteiger charge is -2.35. The van der Waals surface area contributed by atoms with Crippen LogP contribution < -0.4 is 10.6 Å². The van der Waals surface area contributed by atoms with Gasteiger partial charge in [0.15, 0.2) is 0 Å². The molecule has 0 aromatic carbocycles. The van der Waals surface area contributed by atoms with Crippen LogP contribution in [0.1, 0.15) is 39.0 Å². The molecular weight excluding hydrogens is 246 g/mol. The van der Waals surface area contributed by atoms with Gasteiger partial charge in [-0.25, -0.2) is 9.59 Å². The van der Waals surface area contributed by atoms with Crippen molar-refractivity contribution in [3.63, 3.8) is 0 Å². The first-order valence-corrected chi connectivity index (χ1v) is 7.14. The van der Waals surface area contributed by atoms with Crippen molar-refractivity contribution in [1.82, 2.24) is 15.5 Å². The highest BCUT2D eigenvalue weighted by Gasteiger charge is 2.32. The van der Waals surface area contributed by atoms with Gasteiger partial charge in [0, 0.05) is 18.6 Å². The molecule has 108 valence electrons. The number of hydrogen-bond donors (Lipinski definition) is 3. The lowest BCUT2D eigenvalue weighted by Crippen LogP contribution is -2.52. The molecule has 0 radical (unpaired) electrons. The Morgan fingerprint density at radius 3 is 2.84 bits per heavy atom. The molecule has 2 heterocycles. The molecular formula is C13H23N3O3. The Bertz CT molecular complexity index is 348. The third-order valence-corrected chi connectivity index (χ3v) is 4.17. The molecule has 0 saturated carbocycles. The van der Waals surface area contributed by atoms with E-state index in [1.165, 1.54) is 19.4 Å². The molecule has 2 aliphatic rings. The number of carboxylic acids is 1. The van der Waals surface area contributed by atoms with Gasteiger partial charge in [-0.2, -0.15) is 0 Å². The molecule has 2 amide bonds. The lowest BCUT2D eigenvalue weighted by molar-refractivity contribution is -0.139. The fourth-order valence-electron chi connectivity index (χ4n) is 3.08. The van der Waals surface area contributed by atoms with Gasteiger partial charge in [-0.1, -0.05) is 6.92 Å². The number of nitrogens with one attached hydrogen (secondary N) is 2. The molecule has 0 aliphatic carbocycles. The second-order valence-corrected chi connectivity index (χ2v) is 5.47. The number of hydrogen-bond acceptors (Lipinski definition) is 3. The van der Waals surface area contributed by atoms with Crippen LogP contribution in [0.15, 0.2) is 0 Å². The summed E-state index contributed by atoms with van der Waals surface area (Å²) in [5.41, 5.74) is 0. The number of carbonyl (C=O) groups excluding carboxylic acids is 1. The van der Waals surface area contributed by atoms with Gasteiger partial charge in [0.2, 0.25) is 0 Å². The third-order valence-electron chi connectivity index (χ3n) is 4.17. The first-order valence-electron chi connectivity index (χ1n) is 7.14. The van der Waals surface area contributed by atoms with Gasteiger partial charge in [-0.15, -0.1) is 0 Å². The fraction of sp³-hybridized carbons (Fsp3) is 0.846. The SMILES string of the molecule is CC[C@H](NC(=O)NC1CCN2CCCC2C1)C(=O)O. The number of fused-ring (bicyclic) bond motifs is 1. The second-order valence-electron chi connectivity index (χ2n) is 5.47.